The number of hydrogen-bond acceptors (Lipinski definition) is 5. The monoisotopic (exact) mass is 385 g/mol. The maximum atomic E-state index is 12.5. The van der Waals surface area contributed by atoms with E-state index in [-0.39, 0.29) is 6.03 Å². The number of carbonyl (C=O) groups excluding carboxylic acids is 1. The van der Waals surface area contributed by atoms with E-state index in [1.807, 2.05) is 47.0 Å². The third-order valence-corrected chi connectivity index (χ3v) is 6.27. The third kappa shape index (κ3) is 3.37. The molecule has 7 heteroatoms. The number of thiazole rings is 1. The SMILES string of the molecule is COc1ccc(-c2ccccc2)c2sc(NC(=O)N3CCSCC3)nc12. The molecule has 0 spiro atoms. The molecule has 26 heavy (non-hydrogen) atoms. The summed E-state index contributed by atoms with van der Waals surface area (Å²) < 4.78 is 6.49. The normalized spacial score (nSPS) is 14.4. The maximum absolute atomic E-state index is 12.5. The number of anilines is 1. The van der Waals surface area contributed by atoms with E-state index < -0.39 is 0 Å². The van der Waals surface area contributed by atoms with E-state index >= 15 is 0 Å². The summed E-state index contributed by atoms with van der Waals surface area (Å²) in [6.45, 7) is 1.56. The number of thioether (sulfide) groups is 1. The van der Waals surface area contributed by atoms with Gasteiger partial charge in [0, 0.05) is 30.2 Å². The van der Waals surface area contributed by atoms with Crippen LogP contribution in [0.3, 0.4) is 0 Å². The number of carbonyl (C=O) groups is 1. The number of benzene rings is 2. The Balaban J connectivity index is 1.70. The lowest BCUT2D eigenvalue weighted by Gasteiger charge is -2.25. The van der Waals surface area contributed by atoms with Crippen LogP contribution < -0.4 is 10.1 Å². The fraction of sp³-hybridized carbons (Fsp3) is 0.263. The molecular formula is C19H19N3O2S2. The van der Waals surface area contributed by atoms with Crippen LogP contribution in [0.5, 0.6) is 5.75 Å². The zero-order chi connectivity index (χ0) is 17.9. The lowest BCUT2D eigenvalue weighted by atomic mass is 10.1. The van der Waals surface area contributed by atoms with Crippen molar-refractivity contribution in [3.63, 3.8) is 0 Å². The number of methoxy groups -OCH3 is 1. The van der Waals surface area contributed by atoms with Crippen LogP contribution in [0, 0.1) is 0 Å². The lowest BCUT2D eigenvalue weighted by molar-refractivity contribution is 0.217. The van der Waals surface area contributed by atoms with E-state index in [9.17, 15) is 4.79 Å². The van der Waals surface area contributed by atoms with Crippen LogP contribution in [0.25, 0.3) is 21.3 Å². The molecule has 0 atom stereocenters. The van der Waals surface area contributed by atoms with Gasteiger partial charge >= 0.3 is 6.03 Å². The minimum atomic E-state index is -0.0791. The van der Waals surface area contributed by atoms with Gasteiger partial charge < -0.3 is 9.64 Å². The molecular weight excluding hydrogens is 366 g/mol. The van der Waals surface area contributed by atoms with Crippen LogP contribution in [0.4, 0.5) is 9.93 Å². The Kier molecular flexibility index (Phi) is 4.99. The summed E-state index contributed by atoms with van der Waals surface area (Å²) in [7, 11) is 1.64. The molecule has 2 amide bonds. The fourth-order valence-corrected chi connectivity index (χ4v) is 4.89. The summed E-state index contributed by atoms with van der Waals surface area (Å²) in [4.78, 5) is 19.0. The van der Waals surface area contributed by atoms with Crippen molar-refractivity contribution in [3.8, 4) is 16.9 Å². The van der Waals surface area contributed by atoms with Crippen molar-refractivity contribution in [1.82, 2.24) is 9.88 Å². The summed E-state index contributed by atoms with van der Waals surface area (Å²) in [5, 5.41) is 3.56. The van der Waals surface area contributed by atoms with E-state index in [0.29, 0.717) is 10.9 Å². The highest BCUT2D eigenvalue weighted by molar-refractivity contribution is 7.99. The van der Waals surface area contributed by atoms with Crippen molar-refractivity contribution < 1.29 is 9.53 Å². The second-order valence-electron chi connectivity index (χ2n) is 5.91. The number of hydrogen-bond donors (Lipinski definition) is 1. The minimum absolute atomic E-state index is 0.0791. The van der Waals surface area contributed by atoms with Gasteiger partial charge in [0.15, 0.2) is 5.13 Å². The second kappa shape index (κ2) is 7.55. The molecule has 0 bridgehead atoms. The highest BCUT2D eigenvalue weighted by atomic mass is 32.2. The van der Waals surface area contributed by atoms with Crippen LogP contribution in [0.1, 0.15) is 0 Å². The predicted octanol–water partition coefficient (Wildman–Crippen LogP) is 4.55. The van der Waals surface area contributed by atoms with Crippen LogP contribution >= 0.6 is 23.1 Å². The number of nitrogens with zero attached hydrogens (tertiary/aromatic N) is 2. The molecule has 1 aromatic heterocycles. The van der Waals surface area contributed by atoms with Gasteiger partial charge in [-0.3, -0.25) is 5.32 Å². The highest BCUT2D eigenvalue weighted by Crippen LogP contribution is 2.39. The maximum Gasteiger partial charge on any atom is 0.323 e. The summed E-state index contributed by atoms with van der Waals surface area (Å²) in [6, 6.07) is 14.1. The van der Waals surface area contributed by atoms with Gasteiger partial charge in [-0.1, -0.05) is 41.7 Å². The Morgan fingerprint density at radius 1 is 1.15 bits per heavy atom. The Hall–Kier alpha value is -2.25. The molecule has 0 aliphatic carbocycles. The number of nitrogens with one attached hydrogen (secondary N) is 1. The van der Waals surface area contributed by atoms with Crippen molar-refractivity contribution in [3.05, 3.63) is 42.5 Å². The Bertz CT molecular complexity index is 921. The first-order valence-corrected chi connectivity index (χ1v) is 10.4. The average Bonchev–Trinajstić information content (AvgIpc) is 3.12. The fourth-order valence-electron chi connectivity index (χ4n) is 2.98. The first-order valence-electron chi connectivity index (χ1n) is 8.43. The molecule has 1 aliphatic rings. The molecule has 1 N–H and O–H groups in total. The molecule has 134 valence electrons. The summed E-state index contributed by atoms with van der Waals surface area (Å²) in [6.07, 6.45) is 0. The molecule has 1 fully saturated rings. The molecule has 0 radical (unpaired) electrons. The van der Waals surface area contributed by atoms with E-state index in [1.165, 1.54) is 11.3 Å². The summed E-state index contributed by atoms with van der Waals surface area (Å²) in [5.41, 5.74) is 2.99. The number of fused-ring (bicyclic) bond motifs is 1. The van der Waals surface area contributed by atoms with Gasteiger partial charge in [-0.15, -0.1) is 0 Å². The van der Waals surface area contributed by atoms with Crippen molar-refractivity contribution >= 4 is 44.5 Å². The number of amides is 2. The molecule has 2 aromatic carbocycles. The van der Waals surface area contributed by atoms with Gasteiger partial charge in [-0.2, -0.15) is 11.8 Å². The van der Waals surface area contributed by atoms with Crippen molar-refractivity contribution in [2.75, 3.05) is 37.0 Å². The van der Waals surface area contributed by atoms with Gasteiger partial charge in [0.2, 0.25) is 0 Å². The van der Waals surface area contributed by atoms with Gasteiger partial charge in [0.05, 0.1) is 11.8 Å². The van der Waals surface area contributed by atoms with Crippen LogP contribution in [0.15, 0.2) is 42.5 Å². The van der Waals surface area contributed by atoms with E-state index in [4.69, 9.17) is 4.74 Å². The Morgan fingerprint density at radius 3 is 2.65 bits per heavy atom. The van der Waals surface area contributed by atoms with Crippen LogP contribution in [0.2, 0.25) is 0 Å². The number of ether oxygens (including phenoxy) is 1. The van der Waals surface area contributed by atoms with Crippen LogP contribution in [-0.4, -0.2) is 47.6 Å². The average molecular weight is 386 g/mol. The standard InChI is InChI=1S/C19H19N3O2S2/c1-24-15-8-7-14(13-5-3-2-4-6-13)17-16(15)20-18(26-17)21-19(23)22-9-11-25-12-10-22/h2-8H,9-12H2,1H3,(H,20,21,23). The number of urea groups is 1. The number of aromatic nitrogens is 1. The van der Waals surface area contributed by atoms with Crippen LogP contribution in [-0.2, 0) is 0 Å². The van der Waals surface area contributed by atoms with Gasteiger partial charge in [-0.25, -0.2) is 9.78 Å². The van der Waals surface area contributed by atoms with E-state index in [0.717, 1.165) is 45.9 Å². The molecule has 2 heterocycles. The lowest BCUT2D eigenvalue weighted by Crippen LogP contribution is -2.40. The molecule has 1 aliphatic heterocycles. The number of rotatable bonds is 3. The molecule has 0 unspecified atom stereocenters. The van der Waals surface area contributed by atoms with Crippen molar-refractivity contribution in [2.45, 2.75) is 0 Å². The van der Waals surface area contributed by atoms with E-state index in [2.05, 4.69) is 22.4 Å². The zero-order valence-electron chi connectivity index (χ0n) is 14.4. The first-order chi connectivity index (χ1) is 12.8. The molecule has 0 saturated carbocycles. The largest absolute Gasteiger partial charge is 0.494 e. The quantitative estimate of drug-likeness (QED) is 0.718. The van der Waals surface area contributed by atoms with E-state index in [1.54, 1.807) is 7.11 Å². The topological polar surface area (TPSA) is 54.5 Å². The molecule has 1 saturated heterocycles. The zero-order valence-corrected chi connectivity index (χ0v) is 16.0. The smallest absolute Gasteiger partial charge is 0.323 e. The highest BCUT2D eigenvalue weighted by Gasteiger charge is 2.20. The third-order valence-electron chi connectivity index (χ3n) is 4.32. The van der Waals surface area contributed by atoms with Gasteiger partial charge in [0.25, 0.3) is 0 Å². The summed E-state index contributed by atoms with van der Waals surface area (Å²) in [5.74, 6) is 2.68. The Labute approximate surface area is 160 Å². The van der Waals surface area contributed by atoms with Gasteiger partial charge in [0.1, 0.15) is 11.3 Å². The molecule has 3 aromatic rings. The minimum Gasteiger partial charge on any atom is -0.494 e. The second-order valence-corrected chi connectivity index (χ2v) is 8.13. The molecule has 5 nitrogen and oxygen atoms in total. The summed E-state index contributed by atoms with van der Waals surface area (Å²) >= 11 is 3.37. The predicted molar refractivity (Wildman–Crippen MR) is 110 cm³/mol. The van der Waals surface area contributed by atoms with Crippen molar-refractivity contribution in [2.24, 2.45) is 0 Å². The first kappa shape index (κ1) is 17.2. The Morgan fingerprint density at radius 2 is 1.92 bits per heavy atom. The van der Waals surface area contributed by atoms with Crippen molar-refractivity contribution in [1.29, 1.82) is 0 Å². The molecule has 4 rings (SSSR count). The van der Waals surface area contributed by atoms with Gasteiger partial charge in [-0.05, 0) is 17.7 Å².